The molecule has 0 bridgehead atoms. The van der Waals surface area contributed by atoms with Gasteiger partial charge in [0.15, 0.2) is 0 Å². The van der Waals surface area contributed by atoms with Gasteiger partial charge in [-0.05, 0) is 25.1 Å². The van der Waals surface area contributed by atoms with Crippen LogP contribution in [-0.4, -0.2) is 11.7 Å². The van der Waals surface area contributed by atoms with E-state index < -0.39 is 0 Å². The lowest BCUT2D eigenvalue weighted by Gasteiger charge is -2.03. The van der Waals surface area contributed by atoms with Crippen LogP contribution in [0.1, 0.15) is 12.5 Å². The third kappa shape index (κ3) is 3.64. The summed E-state index contributed by atoms with van der Waals surface area (Å²) in [6.07, 6.45) is 0. The van der Waals surface area contributed by atoms with Crippen molar-refractivity contribution >= 4 is 43.5 Å². The lowest BCUT2D eigenvalue weighted by molar-refractivity contribution is 1.19. The van der Waals surface area contributed by atoms with Crippen LogP contribution in [0.15, 0.2) is 37.3 Å². The maximum Gasteiger partial charge on any atom is 0.211 e. The van der Waals surface area contributed by atoms with Gasteiger partial charge in [-0.25, -0.2) is 0 Å². The SMILES string of the molecule is CC(=NN=C(N)N)c1cc(Br)ccc1Br. The Balaban J connectivity index is 3.10. The van der Waals surface area contributed by atoms with Gasteiger partial charge in [-0.15, -0.1) is 5.10 Å². The largest absolute Gasteiger partial charge is 0.369 e. The average molecular weight is 334 g/mol. The molecule has 80 valence electrons. The first-order chi connectivity index (χ1) is 7.00. The minimum absolute atomic E-state index is 0.0551. The number of nitrogens with two attached hydrogens (primary N) is 2. The van der Waals surface area contributed by atoms with E-state index >= 15 is 0 Å². The van der Waals surface area contributed by atoms with E-state index in [1.807, 2.05) is 25.1 Å². The Morgan fingerprint density at radius 1 is 1.20 bits per heavy atom. The van der Waals surface area contributed by atoms with Crippen LogP contribution in [0.4, 0.5) is 0 Å². The van der Waals surface area contributed by atoms with E-state index in [9.17, 15) is 0 Å². The summed E-state index contributed by atoms with van der Waals surface area (Å²) in [7, 11) is 0. The molecular formula is C9H10Br2N4. The summed E-state index contributed by atoms with van der Waals surface area (Å²) in [6, 6.07) is 5.79. The third-order valence-electron chi connectivity index (χ3n) is 1.63. The van der Waals surface area contributed by atoms with Gasteiger partial charge in [-0.2, -0.15) is 5.10 Å². The van der Waals surface area contributed by atoms with E-state index in [0.717, 1.165) is 20.2 Å². The van der Waals surface area contributed by atoms with Crippen LogP contribution in [0.25, 0.3) is 0 Å². The van der Waals surface area contributed by atoms with Gasteiger partial charge in [0, 0.05) is 14.5 Å². The van der Waals surface area contributed by atoms with Gasteiger partial charge >= 0.3 is 0 Å². The van der Waals surface area contributed by atoms with Crippen molar-refractivity contribution in [3.63, 3.8) is 0 Å². The second-order valence-electron chi connectivity index (χ2n) is 2.83. The van der Waals surface area contributed by atoms with Gasteiger partial charge in [-0.3, -0.25) is 0 Å². The number of rotatable bonds is 2. The fourth-order valence-corrected chi connectivity index (χ4v) is 1.86. The molecule has 0 spiro atoms. The predicted octanol–water partition coefficient (Wildman–Crippen LogP) is 2.21. The first kappa shape index (κ1) is 12.2. The quantitative estimate of drug-likeness (QED) is 0.494. The Labute approximate surface area is 105 Å². The van der Waals surface area contributed by atoms with Crippen LogP contribution in [-0.2, 0) is 0 Å². The summed E-state index contributed by atoms with van der Waals surface area (Å²) in [5, 5.41) is 7.50. The average Bonchev–Trinajstić information content (AvgIpc) is 2.18. The Bertz CT molecular complexity index is 422. The molecule has 0 radical (unpaired) electrons. The van der Waals surface area contributed by atoms with Crippen molar-refractivity contribution in [2.75, 3.05) is 0 Å². The van der Waals surface area contributed by atoms with Crippen LogP contribution in [0.2, 0.25) is 0 Å². The molecule has 4 N–H and O–H groups in total. The van der Waals surface area contributed by atoms with Crippen LogP contribution >= 0.6 is 31.9 Å². The smallest absolute Gasteiger partial charge is 0.211 e. The first-order valence-electron chi connectivity index (χ1n) is 4.09. The number of benzene rings is 1. The summed E-state index contributed by atoms with van der Waals surface area (Å²) in [4.78, 5) is 0. The maximum atomic E-state index is 5.19. The summed E-state index contributed by atoms with van der Waals surface area (Å²) in [5.41, 5.74) is 12.0. The zero-order valence-corrected chi connectivity index (χ0v) is 11.2. The molecule has 15 heavy (non-hydrogen) atoms. The van der Waals surface area contributed by atoms with Crippen molar-refractivity contribution in [3.05, 3.63) is 32.7 Å². The molecule has 0 aliphatic carbocycles. The highest BCUT2D eigenvalue weighted by molar-refractivity contribution is 9.11. The Kier molecular flexibility index (Phi) is 4.28. The number of hydrogen-bond donors (Lipinski definition) is 2. The van der Waals surface area contributed by atoms with Crippen LogP contribution < -0.4 is 11.5 Å². The lowest BCUT2D eigenvalue weighted by atomic mass is 10.1. The lowest BCUT2D eigenvalue weighted by Crippen LogP contribution is -2.22. The van der Waals surface area contributed by atoms with Crippen molar-refractivity contribution in [1.29, 1.82) is 0 Å². The molecule has 1 aromatic carbocycles. The minimum atomic E-state index is -0.0551. The van der Waals surface area contributed by atoms with Gasteiger partial charge in [0.1, 0.15) is 0 Å². The van der Waals surface area contributed by atoms with Crippen molar-refractivity contribution in [1.82, 2.24) is 0 Å². The molecule has 0 heterocycles. The molecule has 4 nitrogen and oxygen atoms in total. The number of nitrogens with zero attached hydrogens (tertiary/aromatic N) is 2. The zero-order chi connectivity index (χ0) is 11.4. The summed E-state index contributed by atoms with van der Waals surface area (Å²) in [5.74, 6) is -0.0551. The molecule has 0 atom stereocenters. The van der Waals surface area contributed by atoms with E-state index in [2.05, 4.69) is 42.1 Å². The second-order valence-corrected chi connectivity index (χ2v) is 4.60. The molecular weight excluding hydrogens is 324 g/mol. The maximum absolute atomic E-state index is 5.19. The molecule has 0 saturated heterocycles. The molecule has 0 fully saturated rings. The van der Waals surface area contributed by atoms with E-state index in [4.69, 9.17) is 11.5 Å². The monoisotopic (exact) mass is 332 g/mol. The van der Waals surface area contributed by atoms with Crippen LogP contribution in [0.3, 0.4) is 0 Å². The highest BCUT2D eigenvalue weighted by atomic mass is 79.9. The first-order valence-corrected chi connectivity index (χ1v) is 5.68. The van der Waals surface area contributed by atoms with E-state index in [1.165, 1.54) is 0 Å². The van der Waals surface area contributed by atoms with Gasteiger partial charge in [0.25, 0.3) is 0 Å². The van der Waals surface area contributed by atoms with Gasteiger partial charge in [0.05, 0.1) is 5.71 Å². The van der Waals surface area contributed by atoms with Gasteiger partial charge in [0.2, 0.25) is 5.96 Å². The second kappa shape index (κ2) is 5.27. The minimum Gasteiger partial charge on any atom is -0.369 e. The molecule has 0 aliphatic heterocycles. The van der Waals surface area contributed by atoms with E-state index in [-0.39, 0.29) is 5.96 Å². The predicted molar refractivity (Wildman–Crippen MR) is 69.9 cm³/mol. The zero-order valence-electron chi connectivity index (χ0n) is 8.04. The van der Waals surface area contributed by atoms with Gasteiger partial charge < -0.3 is 11.5 Å². The van der Waals surface area contributed by atoms with Gasteiger partial charge in [-0.1, -0.05) is 31.9 Å². The fraction of sp³-hybridized carbons (Fsp3) is 0.111. The molecule has 0 saturated carbocycles. The highest BCUT2D eigenvalue weighted by Crippen LogP contribution is 2.22. The topological polar surface area (TPSA) is 76.8 Å². The number of halogens is 2. The molecule has 1 rings (SSSR count). The molecule has 0 unspecified atom stereocenters. The number of guanidine groups is 1. The summed E-state index contributed by atoms with van der Waals surface area (Å²) in [6.45, 7) is 1.83. The highest BCUT2D eigenvalue weighted by Gasteiger charge is 2.03. The van der Waals surface area contributed by atoms with Crippen molar-refractivity contribution in [3.8, 4) is 0 Å². The van der Waals surface area contributed by atoms with Crippen molar-refractivity contribution in [2.45, 2.75) is 6.92 Å². The molecule has 0 amide bonds. The number of hydrogen-bond acceptors (Lipinski definition) is 2. The van der Waals surface area contributed by atoms with E-state index in [0.29, 0.717) is 0 Å². The normalized spacial score (nSPS) is 11.3. The van der Waals surface area contributed by atoms with E-state index in [1.54, 1.807) is 0 Å². The Morgan fingerprint density at radius 2 is 1.87 bits per heavy atom. The third-order valence-corrected chi connectivity index (χ3v) is 2.82. The van der Waals surface area contributed by atoms with Crippen molar-refractivity contribution < 1.29 is 0 Å². The fourth-order valence-electron chi connectivity index (χ4n) is 0.961. The standard InChI is InChI=1S/C9H10Br2N4/c1-5(14-15-9(12)13)7-4-6(10)2-3-8(7)11/h2-4H,1H3,(H4,12,13,15). The summed E-state index contributed by atoms with van der Waals surface area (Å²) >= 11 is 6.81. The van der Waals surface area contributed by atoms with Crippen molar-refractivity contribution in [2.24, 2.45) is 21.7 Å². The molecule has 6 heteroatoms. The molecule has 1 aromatic rings. The molecule has 0 aromatic heterocycles. The Hall–Kier alpha value is -0.880. The molecule has 0 aliphatic rings. The summed E-state index contributed by atoms with van der Waals surface area (Å²) < 4.78 is 1.91. The Morgan fingerprint density at radius 3 is 2.47 bits per heavy atom. The van der Waals surface area contributed by atoms with Crippen LogP contribution in [0.5, 0.6) is 0 Å². The van der Waals surface area contributed by atoms with Crippen LogP contribution in [0, 0.1) is 0 Å².